The molecule has 0 unspecified atom stereocenters. The van der Waals surface area contributed by atoms with Crippen molar-refractivity contribution in [2.75, 3.05) is 6.61 Å². The van der Waals surface area contributed by atoms with Crippen LogP contribution in [0.2, 0.25) is 0 Å². The van der Waals surface area contributed by atoms with Crippen LogP contribution in [-0.4, -0.2) is 43.9 Å². The second kappa shape index (κ2) is 11.0. The molecule has 1 aliphatic rings. The Morgan fingerprint density at radius 3 is 2.03 bits per heavy atom. The van der Waals surface area contributed by atoms with Crippen molar-refractivity contribution in [2.45, 2.75) is 48.3 Å². The summed E-state index contributed by atoms with van der Waals surface area (Å²) in [5.74, 6) is 0. The normalized spacial score (nSPS) is 26.0. The molecule has 3 aromatic carbocycles. The summed E-state index contributed by atoms with van der Waals surface area (Å²) in [4.78, 5) is -0.0212. The first-order valence-corrected chi connectivity index (χ1v) is 12.3. The maximum atomic E-state index is 13.4. The number of aliphatic hydroxyl groups excluding tert-OH is 1. The van der Waals surface area contributed by atoms with Crippen LogP contribution in [0.4, 0.5) is 0 Å². The van der Waals surface area contributed by atoms with Crippen molar-refractivity contribution in [3.63, 3.8) is 0 Å². The Morgan fingerprint density at radius 2 is 1.42 bits per heavy atom. The van der Waals surface area contributed by atoms with Gasteiger partial charge < -0.3 is 19.3 Å². The van der Waals surface area contributed by atoms with Crippen LogP contribution in [0.3, 0.4) is 0 Å². The van der Waals surface area contributed by atoms with Crippen LogP contribution in [0, 0.1) is 0 Å². The first-order valence-electron chi connectivity index (χ1n) is 11.3. The van der Waals surface area contributed by atoms with Crippen LogP contribution in [0.15, 0.2) is 95.9 Å². The molecule has 4 atom stereocenters. The highest BCUT2D eigenvalue weighted by atomic mass is 32.2. The summed E-state index contributed by atoms with van der Waals surface area (Å²) >= 11 is 0. The summed E-state index contributed by atoms with van der Waals surface area (Å²) < 4.78 is 53.0. The largest absolute Gasteiger partial charge is 0.388 e. The van der Waals surface area contributed by atoms with Crippen LogP contribution in [-0.2, 0) is 37.3 Å². The predicted molar refractivity (Wildman–Crippen MR) is 124 cm³/mol. The highest BCUT2D eigenvalue weighted by Crippen LogP contribution is 2.30. The fourth-order valence-corrected chi connectivity index (χ4v) is 5.06. The lowest BCUT2D eigenvalue weighted by molar-refractivity contribution is -0.184. The van der Waals surface area contributed by atoms with E-state index in [4.69, 9.17) is 15.6 Å². The van der Waals surface area contributed by atoms with Crippen molar-refractivity contribution >= 4 is 9.84 Å². The summed E-state index contributed by atoms with van der Waals surface area (Å²) in [6.45, 7) is 0.340. The summed E-state index contributed by atoms with van der Waals surface area (Å²) in [5, 5.41) is 11.0. The van der Waals surface area contributed by atoms with E-state index < -0.39 is 33.6 Å². The number of sulfone groups is 1. The average molecular weight is 470 g/mol. The van der Waals surface area contributed by atoms with Gasteiger partial charge in [0.15, 0.2) is 5.41 Å². The number of hydrogen-bond donors (Lipinski definition) is 1. The van der Waals surface area contributed by atoms with Gasteiger partial charge >= 0.3 is 0 Å². The third-order valence-corrected chi connectivity index (χ3v) is 7.22. The SMILES string of the molecule is [2H][C@]1(S(=O)(=O)c2ccccc2)C[C@@H](OCc2ccccc2)[C@H](O)[C@@H](COCc2ccccc2)O1. The van der Waals surface area contributed by atoms with Crippen LogP contribution in [0.1, 0.15) is 18.9 Å². The van der Waals surface area contributed by atoms with E-state index in [1.54, 1.807) is 18.2 Å². The van der Waals surface area contributed by atoms with E-state index in [1.807, 2.05) is 60.7 Å². The molecule has 1 aliphatic heterocycles. The van der Waals surface area contributed by atoms with Gasteiger partial charge in [0.05, 0.1) is 32.2 Å². The van der Waals surface area contributed by atoms with Crippen molar-refractivity contribution < 1.29 is 29.1 Å². The number of ether oxygens (including phenoxy) is 3. The van der Waals surface area contributed by atoms with E-state index in [-0.39, 0.29) is 31.1 Å². The maximum Gasteiger partial charge on any atom is 0.205 e. The molecule has 33 heavy (non-hydrogen) atoms. The Balaban J connectivity index is 1.54. The quantitative estimate of drug-likeness (QED) is 0.514. The molecule has 3 aromatic rings. The number of benzene rings is 3. The minimum absolute atomic E-state index is 0.0212. The zero-order chi connectivity index (χ0) is 24.0. The molecule has 0 aliphatic carbocycles. The van der Waals surface area contributed by atoms with Crippen molar-refractivity contribution in [1.82, 2.24) is 0 Å². The fourth-order valence-electron chi connectivity index (χ4n) is 3.65. The lowest BCUT2D eigenvalue weighted by Gasteiger charge is -2.38. The number of rotatable bonds is 9. The Bertz CT molecular complexity index is 1140. The molecule has 0 bridgehead atoms. The van der Waals surface area contributed by atoms with Gasteiger partial charge in [0.1, 0.15) is 12.2 Å². The molecular formula is C26H28O6S. The van der Waals surface area contributed by atoms with Gasteiger partial charge in [-0.1, -0.05) is 78.9 Å². The van der Waals surface area contributed by atoms with Crippen LogP contribution in [0.5, 0.6) is 0 Å². The third-order valence-electron chi connectivity index (χ3n) is 5.47. The molecule has 0 spiro atoms. The van der Waals surface area contributed by atoms with E-state index in [2.05, 4.69) is 0 Å². The van der Waals surface area contributed by atoms with E-state index in [9.17, 15) is 13.5 Å². The van der Waals surface area contributed by atoms with Gasteiger partial charge in [-0.15, -0.1) is 0 Å². The lowest BCUT2D eigenvalue weighted by Crippen LogP contribution is -2.53. The van der Waals surface area contributed by atoms with Crippen LogP contribution < -0.4 is 0 Å². The van der Waals surface area contributed by atoms with Gasteiger partial charge in [-0.3, -0.25) is 0 Å². The fraction of sp³-hybridized carbons (Fsp3) is 0.308. The summed E-state index contributed by atoms with van der Waals surface area (Å²) in [5.41, 5.74) is -0.534. The Labute approximate surface area is 196 Å². The second-order valence-electron chi connectivity index (χ2n) is 7.88. The molecule has 1 N–H and O–H groups in total. The molecule has 6 nitrogen and oxygen atoms in total. The Morgan fingerprint density at radius 1 is 0.879 bits per heavy atom. The van der Waals surface area contributed by atoms with E-state index in [0.717, 1.165) is 11.1 Å². The lowest BCUT2D eigenvalue weighted by atomic mass is 10.0. The van der Waals surface area contributed by atoms with E-state index in [0.29, 0.717) is 0 Å². The highest BCUT2D eigenvalue weighted by molar-refractivity contribution is 7.92. The minimum atomic E-state index is -4.21. The monoisotopic (exact) mass is 469 g/mol. The smallest absolute Gasteiger partial charge is 0.205 e. The molecule has 1 saturated heterocycles. The van der Waals surface area contributed by atoms with Gasteiger partial charge in [-0.25, -0.2) is 8.42 Å². The molecule has 0 amide bonds. The van der Waals surface area contributed by atoms with Crippen molar-refractivity contribution in [2.24, 2.45) is 0 Å². The summed E-state index contributed by atoms with van der Waals surface area (Å²) in [6, 6.07) is 26.6. The molecule has 0 aromatic heterocycles. The molecule has 0 saturated carbocycles. The maximum absolute atomic E-state index is 13.4. The molecule has 1 heterocycles. The summed E-state index contributed by atoms with van der Waals surface area (Å²) in [7, 11) is -4.21. The van der Waals surface area contributed by atoms with E-state index >= 15 is 0 Å². The van der Waals surface area contributed by atoms with Crippen molar-refractivity contribution in [1.29, 1.82) is 0 Å². The van der Waals surface area contributed by atoms with Gasteiger partial charge in [0.25, 0.3) is 0 Å². The van der Waals surface area contributed by atoms with E-state index in [1.165, 1.54) is 12.1 Å². The summed E-state index contributed by atoms with van der Waals surface area (Å²) in [6.07, 6.45) is -3.50. The third kappa shape index (κ3) is 6.07. The predicted octanol–water partition coefficient (Wildman–Crippen LogP) is 3.74. The number of hydrogen-bond acceptors (Lipinski definition) is 6. The first kappa shape index (κ1) is 22.3. The second-order valence-corrected chi connectivity index (χ2v) is 9.81. The minimum Gasteiger partial charge on any atom is -0.388 e. The topological polar surface area (TPSA) is 82.1 Å². The Hall–Kier alpha value is -2.55. The molecule has 174 valence electrons. The zero-order valence-electron chi connectivity index (χ0n) is 19.1. The van der Waals surface area contributed by atoms with Crippen LogP contribution >= 0.6 is 0 Å². The first-order chi connectivity index (χ1) is 16.4. The Kier molecular flexibility index (Phi) is 7.45. The van der Waals surface area contributed by atoms with Gasteiger partial charge in [0.2, 0.25) is 9.84 Å². The molecular weight excluding hydrogens is 440 g/mol. The zero-order valence-corrected chi connectivity index (χ0v) is 18.9. The standard InChI is InChI=1S/C26H28O6S/c27-26-23(31-18-21-12-6-2-7-13-21)16-25(33(28,29)22-14-8-3-9-15-22)32-24(26)19-30-17-20-10-4-1-5-11-20/h1-15,23-27H,16-19H2/t23-,24-,25+,26+/m1/s1/i25D. The van der Waals surface area contributed by atoms with Crippen LogP contribution in [0.25, 0.3) is 0 Å². The molecule has 7 heteroatoms. The highest BCUT2D eigenvalue weighted by Gasteiger charge is 2.44. The molecule has 4 rings (SSSR count). The molecule has 0 radical (unpaired) electrons. The van der Waals surface area contributed by atoms with Crippen molar-refractivity contribution in [3.8, 4) is 0 Å². The molecule has 1 fully saturated rings. The van der Waals surface area contributed by atoms with Gasteiger partial charge in [0, 0.05) is 6.42 Å². The van der Waals surface area contributed by atoms with Crippen molar-refractivity contribution in [3.05, 3.63) is 102 Å². The average Bonchev–Trinajstić information content (AvgIpc) is 2.87. The number of aliphatic hydroxyl groups is 1. The van der Waals surface area contributed by atoms with Gasteiger partial charge in [-0.05, 0) is 23.3 Å². The van der Waals surface area contributed by atoms with Gasteiger partial charge in [-0.2, -0.15) is 0 Å².